The summed E-state index contributed by atoms with van der Waals surface area (Å²) in [4.78, 5) is 10.9. The van der Waals surface area contributed by atoms with E-state index in [4.69, 9.17) is 5.73 Å². The lowest BCUT2D eigenvalue weighted by atomic mass is 9.88. The third-order valence-corrected chi connectivity index (χ3v) is 1.96. The van der Waals surface area contributed by atoms with Crippen LogP contribution in [-0.2, 0) is 9.53 Å². The normalized spacial score (nSPS) is 16.6. The maximum Gasteiger partial charge on any atom is 0.394 e. The quantitative estimate of drug-likeness (QED) is 0.719. The molecule has 6 heteroatoms. The first-order valence-corrected chi connectivity index (χ1v) is 4.12. The van der Waals surface area contributed by atoms with Gasteiger partial charge in [-0.05, 0) is 5.92 Å². The van der Waals surface area contributed by atoms with Crippen molar-refractivity contribution in [1.29, 1.82) is 0 Å². The van der Waals surface area contributed by atoms with Gasteiger partial charge in [-0.15, -0.1) is 0 Å². The molecule has 0 aromatic carbocycles. The van der Waals surface area contributed by atoms with Crippen molar-refractivity contribution in [3.05, 3.63) is 0 Å². The van der Waals surface area contributed by atoms with Crippen molar-refractivity contribution in [2.75, 3.05) is 7.11 Å². The summed E-state index contributed by atoms with van der Waals surface area (Å²) in [7, 11) is 1.01. The Morgan fingerprint density at radius 3 is 2.00 bits per heavy atom. The standard InChI is InChI=1S/C8H14F3NO2/c1-4(2)5(8(9,10)11)6(12)7(13)14-3/h4-6H,12H2,1-3H3. The van der Waals surface area contributed by atoms with Crippen LogP contribution in [0, 0.1) is 11.8 Å². The van der Waals surface area contributed by atoms with E-state index in [-0.39, 0.29) is 0 Å². The molecule has 2 atom stereocenters. The van der Waals surface area contributed by atoms with Crippen molar-refractivity contribution in [3.63, 3.8) is 0 Å². The van der Waals surface area contributed by atoms with Crippen LogP contribution < -0.4 is 5.73 Å². The van der Waals surface area contributed by atoms with E-state index in [0.717, 1.165) is 7.11 Å². The van der Waals surface area contributed by atoms with Crippen molar-refractivity contribution in [2.24, 2.45) is 17.6 Å². The molecule has 0 aliphatic rings. The van der Waals surface area contributed by atoms with Gasteiger partial charge in [0.2, 0.25) is 0 Å². The molecular weight excluding hydrogens is 199 g/mol. The van der Waals surface area contributed by atoms with Crippen LogP contribution in [0.15, 0.2) is 0 Å². The van der Waals surface area contributed by atoms with Crippen LogP contribution in [0.5, 0.6) is 0 Å². The first-order chi connectivity index (χ1) is 6.21. The van der Waals surface area contributed by atoms with Gasteiger partial charge in [0.1, 0.15) is 6.04 Å². The van der Waals surface area contributed by atoms with Gasteiger partial charge in [-0.1, -0.05) is 13.8 Å². The zero-order chi connectivity index (χ0) is 11.5. The predicted octanol–water partition coefficient (Wildman–Crippen LogP) is 1.32. The minimum atomic E-state index is -4.48. The number of ether oxygens (including phenoxy) is 1. The predicted molar refractivity (Wildman–Crippen MR) is 44.4 cm³/mol. The summed E-state index contributed by atoms with van der Waals surface area (Å²) in [5.74, 6) is -3.67. The molecule has 0 spiro atoms. The van der Waals surface area contributed by atoms with E-state index in [1.165, 1.54) is 13.8 Å². The molecule has 84 valence electrons. The Hall–Kier alpha value is -0.780. The number of carbonyl (C=O) groups excluding carboxylic acids is 1. The first-order valence-electron chi connectivity index (χ1n) is 4.12. The molecule has 0 saturated heterocycles. The Labute approximate surface area is 80.4 Å². The van der Waals surface area contributed by atoms with Gasteiger partial charge in [-0.3, -0.25) is 4.79 Å². The Kier molecular flexibility index (Phi) is 4.38. The Morgan fingerprint density at radius 1 is 1.36 bits per heavy atom. The molecule has 0 bridgehead atoms. The molecule has 0 saturated carbocycles. The van der Waals surface area contributed by atoms with E-state index in [9.17, 15) is 18.0 Å². The van der Waals surface area contributed by atoms with Gasteiger partial charge in [0.25, 0.3) is 0 Å². The minimum absolute atomic E-state index is 0.760. The number of methoxy groups -OCH3 is 1. The maximum atomic E-state index is 12.4. The highest BCUT2D eigenvalue weighted by Gasteiger charge is 2.48. The average Bonchev–Trinajstić information content (AvgIpc) is 1.99. The molecule has 0 fully saturated rings. The van der Waals surface area contributed by atoms with E-state index < -0.39 is 30.0 Å². The molecule has 0 aliphatic heterocycles. The highest BCUT2D eigenvalue weighted by molar-refractivity contribution is 5.75. The molecule has 0 aromatic rings. The molecule has 0 heterocycles. The van der Waals surface area contributed by atoms with Crippen LogP contribution >= 0.6 is 0 Å². The SMILES string of the molecule is COC(=O)C(N)C(C(C)C)C(F)(F)F. The molecule has 2 unspecified atom stereocenters. The van der Waals surface area contributed by atoms with Gasteiger partial charge >= 0.3 is 12.1 Å². The van der Waals surface area contributed by atoms with Gasteiger partial charge in [0.15, 0.2) is 0 Å². The van der Waals surface area contributed by atoms with Gasteiger partial charge in [0.05, 0.1) is 13.0 Å². The summed E-state index contributed by atoms with van der Waals surface area (Å²) in [6.07, 6.45) is -4.48. The summed E-state index contributed by atoms with van der Waals surface area (Å²) < 4.78 is 41.5. The van der Waals surface area contributed by atoms with Crippen molar-refractivity contribution < 1.29 is 22.7 Å². The maximum absolute atomic E-state index is 12.4. The number of hydrogen-bond donors (Lipinski definition) is 1. The highest BCUT2D eigenvalue weighted by Crippen LogP contribution is 2.34. The van der Waals surface area contributed by atoms with E-state index >= 15 is 0 Å². The summed E-state index contributed by atoms with van der Waals surface area (Å²) in [6.45, 7) is 2.72. The second kappa shape index (κ2) is 4.63. The van der Waals surface area contributed by atoms with Crippen LogP contribution in [0.2, 0.25) is 0 Å². The number of halogens is 3. The summed E-state index contributed by atoms with van der Waals surface area (Å²) in [5.41, 5.74) is 5.16. The van der Waals surface area contributed by atoms with Crippen molar-refractivity contribution in [3.8, 4) is 0 Å². The smallest absolute Gasteiger partial charge is 0.394 e. The second-order valence-corrected chi connectivity index (χ2v) is 3.36. The lowest BCUT2D eigenvalue weighted by Crippen LogP contribution is -2.48. The summed E-state index contributed by atoms with van der Waals surface area (Å²) >= 11 is 0. The molecule has 0 aromatic heterocycles. The molecule has 0 aliphatic carbocycles. The van der Waals surface area contributed by atoms with Crippen molar-refractivity contribution in [1.82, 2.24) is 0 Å². The highest BCUT2D eigenvalue weighted by atomic mass is 19.4. The number of esters is 1. The molecule has 3 nitrogen and oxygen atoms in total. The van der Waals surface area contributed by atoms with Gasteiger partial charge in [-0.25, -0.2) is 0 Å². The van der Waals surface area contributed by atoms with Gasteiger partial charge in [0, 0.05) is 0 Å². The zero-order valence-electron chi connectivity index (χ0n) is 8.26. The fraction of sp³-hybridized carbons (Fsp3) is 0.875. The Morgan fingerprint density at radius 2 is 1.79 bits per heavy atom. The molecule has 0 radical (unpaired) electrons. The molecule has 14 heavy (non-hydrogen) atoms. The van der Waals surface area contributed by atoms with Crippen LogP contribution in [0.3, 0.4) is 0 Å². The number of alkyl halides is 3. The average molecular weight is 213 g/mol. The number of nitrogens with two attached hydrogens (primary N) is 1. The lowest BCUT2D eigenvalue weighted by molar-refractivity contribution is -0.197. The topological polar surface area (TPSA) is 52.3 Å². The largest absolute Gasteiger partial charge is 0.468 e. The zero-order valence-corrected chi connectivity index (χ0v) is 8.26. The van der Waals surface area contributed by atoms with E-state index in [2.05, 4.69) is 4.74 Å². The van der Waals surface area contributed by atoms with Crippen LogP contribution in [0.1, 0.15) is 13.8 Å². The lowest BCUT2D eigenvalue weighted by Gasteiger charge is -2.27. The van der Waals surface area contributed by atoms with Gasteiger partial charge < -0.3 is 10.5 Å². The molecule has 0 amide bonds. The van der Waals surface area contributed by atoms with Crippen LogP contribution in [0.4, 0.5) is 13.2 Å². The van der Waals surface area contributed by atoms with Crippen molar-refractivity contribution >= 4 is 5.97 Å². The fourth-order valence-electron chi connectivity index (χ4n) is 1.28. The number of hydrogen-bond acceptors (Lipinski definition) is 3. The third-order valence-electron chi connectivity index (χ3n) is 1.96. The van der Waals surface area contributed by atoms with Crippen molar-refractivity contribution in [2.45, 2.75) is 26.1 Å². The monoisotopic (exact) mass is 213 g/mol. The van der Waals surface area contributed by atoms with E-state index in [1.807, 2.05) is 0 Å². The summed E-state index contributed by atoms with van der Waals surface area (Å²) in [6, 6.07) is -1.65. The van der Waals surface area contributed by atoms with Crippen LogP contribution in [0.25, 0.3) is 0 Å². The van der Waals surface area contributed by atoms with Crippen LogP contribution in [-0.4, -0.2) is 25.3 Å². The Balaban J connectivity index is 4.76. The summed E-state index contributed by atoms with van der Waals surface area (Å²) in [5, 5.41) is 0. The fourth-order valence-corrected chi connectivity index (χ4v) is 1.28. The molecule has 2 N–H and O–H groups in total. The third kappa shape index (κ3) is 3.17. The second-order valence-electron chi connectivity index (χ2n) is 3.36. The Bertz CT molecular complexity index is 203. The number of rotatable bonds is 3. The number of carbonyl (C=O) groups is 1. The van der Waals surface area contributed by atoms with Gasteiger partial charge in [-0.2, -0.15) is 13.2 Å². The van der Waals surface area contributed by atoms with E-state index in [0.29, 0.717) is 0 Å². The first kappa shape index (κ1) is 13.2. The minimum Gasteiger partial charge on any atom is -0.468 e. The molecular formula is C8H14F3NO2. The van der Waals surface area contributed by atoms with E-state index in [1.54, 1.807) is 0 Å². The molecule has 0 rings (SSSR count).